The van der Waals surface area contributed by atoms with Gasteiger partial charge in [0.1, 0.15) is 42.9 Å². The van der Waals surface area contributed by atoms with Crippen molar-refractivity contribution in [2.24, 2.45) is 35.5 Å². The minimum atomic E-state index is -5.84. The predicted molar refractivity (Wildman–Crippen MR) is 134 cm³/mol. The lowest BCUT2D eigenvalue weighted by atomic mass is 9.71. The maximum atomic E-state index is 13.7. The molecule has 3 aliphatic carbocycles. The van der Waals surface area contributed by atoms with E-state index in [1.54, 1.807) is 0 Å². The van der Waals surface area contributed by atoms with E-state index in [0.717, 1.165) is 19.3 Å². The van der Waals surface area contributed by atoms with Gasteiger partial charge in [-0.2, -0.15) is 17.2 Å². The van der Waals surface area contributed by atoms with Gasteiger partial charge in [0.2, 0.25) is 0 Å². The van der Waals surface area contributed by atoms with Gasteiger partial charge in [0.25, 0.3) is 0 Å². The normalized spacial score (nSPS) is 41.2. The molecular weight excluding hydrogens is 602 g/mol. The number of fused-ring (bicyclic) bond motifs is 6. The Kier molecular flexibility index (Phi) is 7.53. The second-order valence-electron chi connectivity index (χ2n) is 12.5. The largest absolute Gasteiger partial charge is 0.458 e. The summed E-state index contributed by atoms with van der Waals surface area (Å²) in [4.78, 5) is 50.8. The highest BCUT2D eigenvalue weighted by Gasteiger charge is 2.73. The third kappa shape index (κ3) is 4.83. The molecule has 0 aromatic heterocycles. The van der Waals surface area contributed by atoms with Crippen LogP contribution >= 0.6 is 0 Å². The van der Waals surface area contributed by atoms with Crippen LogP contribution in [-0.2, 0) is 57.7 Å². The average molecular weight is 637 g/mol. The van der Waals surface area contributed by atoms with Gasteiger partial charge < -0.3 is 28.4 Å². The molecule has 3 saturated carbocycles. The minimum absolute atomic E-state index is 0.279. The second kappa shape index (κ2) is 10.6. The highest BCUT2D eigenvalue weighted by molar-refractivity contribution is 7.86. The smallest absolute Gasteiger partial charge is 0.405 e. The number of rotatable bonds is 11. The molecule has 3 saturated heterocycles. The Bertz CT molecular complexity index is 1310. The standard InChI is InChI=1S/C27H34F2O13S/c1-3-26(8-12-7-15(26)14-6-4-5-13(12)14)42-25(33)19-18-20-23(41-24(18)32)22(21(19)40-20)39-17(31)10-37-9-16(30)38-11(2)27(28,29)43(34,35)36/h11-15,18-23H,3-10H2,1-2H3,(H,34,35,36). The highest BCUT2D eigenvalue weighted by atomic mass is 32.2. The first-order valence-electron chi connectivity index (χ1n) is 14.6. The number of carbonyl (C=O) groups excluding carboxylic acids is 4. The number of hydrogen-bond donors (Lipinski definition) is 1. The van der Waals surface area contributed by atoms with Gasteiger partial charge >= 0.3 is 39.2 Å². The third-order valence-electron chi connectivity index (χ3n) is 10.5. The van der Waals surface area contributed by atoms with E-state index < -0.39 is 100 Å². The van der Waals surface area contributed by atoms with E-state index in [4.69, 9.17) is 28.2 Å². The monoisotopic (exact) mass is 636 g/mol. The summed E-state index contributed by atoms with van der Waals surface area (Å²) in [5, 5.41) is -4.76. The highest BCUT2D eigenvalue weighted by Crippen LogP contribution is 2.64. The molecule has 0 amide bonds. The van der Waals surface area contributed by atoms with Gasteiger partial charge in [-0.1, -0.05) is 13.3 Å². The zero-order valence-corrected chi connectivity index (χ0v) is 24.3. The van der Waals surface area contributed by atoms with Crippen LogP contribution in [0.2, 0.25) is 0 Å². The molecule has 6 fully saturated rings. The van der Waals surface area contributed by atoms with Crippen LogP contribution in [0.3, 0.4) is 0 Å². The van der Waals surface area contributed by atoms with E-state index in [1.165, 1.54) is 12.8 Å². The van der Waals surface area contributed by atoms with Gasteiger partial charge in [0.05, 0.1) is 0 Å². The van der Waals surface area contributed by atoms with Gasteiger partial charge in [-0.25, -0.2) is 9.59 Å². The number of carbonyl (C=O) groups is 4. The Morgan fingerprint density at radius 1 is 1.12 bits per heavy atom. The van der Waals surface area contributed by atoms with Gasteiger partial charge in [0.15, 0.2) is 18.3 Å². The third-order valence-corrected chi connectivity index (χ3v) is 11.5. The first kappa shape index (κ1) is 30.6. The molecule has 0 aromatic rings. The predicted octanol–water partition coefficient (Wildman–Crippen LogP) is 1.41. The summed E-state index contributed by atoms with van der Waals surface area (Å²) in [6.45, 7) is 0.691. The fourth-order valence-corrected chi connectivity index (χ4v) is 9.20. The molecule has 16 heteroatoms. The lowest BCUT2D eigenvalue weighted by Gasteiger charge is -2.42. The molecular formula is C27H34F2O13S. The SMILES string of the molecule is CCC1(OC(=O)C2C3OC4C(OC(=O)C42)C3OC(=O)COCC(=O)OC(C)C(F)(F)S(=O)(=O)O)CC2CC1C1CCCC21. The van der Waals surface area contributed by atoms with Crippen LogP contribution in [0.25, 0.3) is 0 Å². The van der Waals surface area contributed by atoms with Crippen molar-refractivity contribution in [3.8, 4) is 0 Å². The summed E-state index contributed by atoms with van der Waals surface area (Å²) in [5.41, 5.74) is -0.603. The number of hydrogen-bond acceptors (Lipinski definition) is 12. The average Bonchev–Trinajstić information content (AvgIpc) is 3.74. The quantitative estimate of drug-likeness (QED) is 0.196. The van der Waals surface area contributed by atoms with E-state index in [9.17, 15) is 36.4 Å². The fraction of sp³-hybridized carbons (Fsp3) is 0.852. The summed E-state index contributed by atoms with van der Waals surface area (Å²) in [6, 6.07) is 0. The molecule has 3 heterocycles. The molecule has 12 unspecified atom stereocenters. The van der Waals surface area contributed by atoms with Crippen LogP contribution in [0.4, 0.5) is 8.78 Å². The van der Waals surface area contributed by atoms with Crippen LogP contribution in [0, 0.1) is 35.5 Å². The Balaban J connectivity index is 1.05. The summed E-state index contributed by atoms with van der Waals surface area (Å²) in [5.74, 6) is -3.55. The van der Waals surface area contributed by atoms with E-state index in [0.29, 0.717) is 31.1 Å². The summed E-state index contributed by atoms with van der Waals surface area (Å²) in [7, 11) is -5.84. The molecule has 0 aromatic carbocycles. The molecule has 13 nitrogen and oxygen atoms in total. The van der Waals surface area contributed by atoms with Crippen LogP contribution in [-0.4, -0.2) is 91.4 Å². The Hall–Kier alpha value is -2.43. The van der Waals surface area contributed by atoms with Crippen LogP contribution < -0.4 is 0 Å². The topological polar surface area (TPSA) is 178 Å². The number of esters is 4. The Labute approximate surface area is 245 Å². The van der Waals surface area contributed by atoms with E-state index in [2.05, 4.69) is 4.74 Å². The van der Waals surface area contributed by atoms with Crippen molar-refractivity contribution in [2.45, 2.75) is 93.7 Å². The summed E-state index contributed by atoms with van der Waals surface area (Å²) >= 11 is 0. The minimum Gasteiger partial charge on any atom is -0.458 e. The Morgan fingerprint density at radius 3 is 2.51 bits per heavy atom. The van der Waals surface area contributed by atoms with Crippen LogP contribution in [0.5, 0.6) is 0 Å². The second-order valence-corrected chi connectivity index (χ2v) is 14.0. The molecule has 3 aliphatic heterocycles. The molecule has 12 atom stereocenters. The van der Waals surface area contributed by atoms with Gasteiger partial charge in [-0.3, -0.25) is 14.1 Å². The zero-order chi connectivity index (χ0) is 31.1. The number of halogens is 2. The van der Waals surface area contributed by atoms with E-state index in [-0.39, 0.29) is 5.92 Å². The fourth-order valence-electron chi connectivity index (χ4n) is 8.73. The van der Waals surface area contributed by atoms with E-state index >= 15 is 0 Å². The molecule has 4 bridgehead atoms. The maximum Gasteiger partial charge on any atom is 0.405 e. The Morgan fingerprint density at radius 2 is 1.81 bits per heavy atom. The molecule has 240 valence electrons. The van der Waals surface area contributed by atoms with Crippen molar-refractivity contribution in [1.82, 2.24) is 0 Å². The van der Waals surface area contributed by atoms with Gasteiger partial charge in [0, 0.05) is 5.92 Å². The number of alkyl halides is 2. The molecule has 1 N–H and O–H groups in total. The lowest BCUT2D eigenvalue weighted by Crippen LogP contribution is -2.51. The van der Waals surface area contributed by atoms with Crippen LogP contribution in [0.1, 0.15) is 52.4 Å². The molecule has 0 radical (unpaired) electrons. The van der Waals surface area contributed by atoms with Crippen molar-refractivity contribution in [3.05, 3.63) is 0 Å². The van der Waals surface area contributed by atoms with Crippen molar-refractivity contribution < 1.29 is 69.4 Å². The summed E-state index contributed by atoms with van der Waals surface area (Å²) in [6.07, 6.45) is -0.385. The van der Waals surface area contributed by atoms with Crippen molar-refractivity contribution in [2.75, 3.05) is 13.2 Å². The van der Waals surface area contributed by atoms with Gasteiger partial charge in [-0.05, 0) is 56.8 Å². The number of ether oxygens (including phenoxy) is 6. The van der Waals surface area contributed by atoms with Crippen molar-refractivity contribution in [1.29, 1.82) is 0 Å². The molecule has 6 rings (SSSR count). The van der Waals surface area contributed by atoms with Crippen molar-refractivity contribution >= 4 is 34.0 Å². The van der Waals surface area contributed by atoms with Gasteiger partial charge in [-0.15, -0.1) is 0 Å². The first-order chi connectivity index (χ1) is 20.2. The van der Waals surface area contributed by atoms with Crippen LogP contribution in [0.15, 0.2) is 0 Å². The molecule has 43 heavy (non-hydrogen) atoms. The summed E-state index contributed by atoms with van der Waals surface area (Å²) < 4.78 is 89.4. The van der Waals surface area contributed by atoms with E-state index in [1.807, 2.05) is 6.92 Å². The van der Waals surface area contributed by atoms with Crippen molar-refractivity contribution in [3.63, 3.8) is 0 Å². The maximum absolute atomic E-state index is 13.7. The molecule has 6 aliphatic rings. The molecule has 0 spiro atoms. The first-order valence-corrected chi connectivity index (χ1v) is 16.0. The lowest BCUT2D eigenvalue weighted by molar-refractivity contribution is -0.183. The zero-order valence-electron chi connectivity index (χ0n) is 23.5.